The van der Waals surface area contributed by atoms with Crippen LogP contribution in [0.25, 0.3) is 0 Å². The zero-order chi connectivity index (χ0) is 23.1. The summed E-state index contributed by atoms with van der Waals surface area (Å²) >= 11 is 0. The summed E-state index contributed by atoms with van der Waals surface area (Å²) in [7, 11) is 0. The fourth-order valence-electron chi connectivity index (χ4n) is 4.46. The Morgan fingerprint density at radius 2 is 1.62 bits per heavy atom. The van der Waals surface area contributed by atoms with Gasteiger partial charge in [-0.25, -0.2) is 0 Å². The Morgan fingerprint density at radius 1 is 0.906 bits per heavy atom. The largest absolute Gasteiger partial charge is 0.369 e. The molecule has 0 aromatic heterocycles. The lowest BCUT2D eigenvalue weighted by molar-refractivity contribution is -0.131. The number of piperidine rings is 1. The summed E-state index contributed by atoms with van der Waals surface area (Å²) in [5.74, 6) is 0.526. The zero-order valence-electron chi connectivity index (χ0n) is 19.9. The van der Waals surface area contributed by atoms with E-state index >= 15 is 0 Å². The van der Waals surface area contributed by atoms with Crippen LogP contribution in [0.1, 0.15) is 69.7 Å². The molecule has 2 aliphatic heterocycles. The molecular weight excluding hydrogens is 404 g/mol. The summed E-state index contributed by atoms with van der Waals surface area (Å²) in [6, 6.07) is 5.66. The van der Waals surface area contributed by atoms with E-state index in [4.69, 9.17) is 0 Å². The second-order valence-corrected chi connectivity index (χ2v) is 9.31. The van der Waals surface area contributed by atoms with Gasteiger partial charge in [-0.1, -0.05) is 20.8 Å². The Morgan fingerprint density at radius 3 is 2.31 bits per heavy atom. The Balaban J connectivity index is 1.83. The first-order valence-electron chi connectivity index (χ1n) is 12.1. The fourth-order valence-corrected chi connectivity index (χ4v) is 4.46. The molecule has 1 aromatic rings. The van der Waals surface area contributed by atoms with Gasteiger partial charge in [-0.2, -0.15) is 0 Å². The minimum Gasteiger partial charge on any atom is -0.369 e. The number of amides is 3. The molecule has 0 saturated carbocycles. The molecule has 2 fully saturated rings. The van der Waals surface area contributed by atoms with Crippen LogP contribution < -0.4 is 10.2 Å². The van der Waals surface area contributed by atoms with Crippen LogP contribution in [0, 0.1) is 5.92 Å². The van der Waals surface area contributed by atoms with Crippen molar-refractivity contribution in [2.45, 2.75) is 59.3 Å². The summed E-state index contributed by atoms with van der Waals surface area (Å²) in [5.41, 5.74) is 2.19. The average Bonchev–Trinajstić information content (AvgIpc) is 3.05. The topological polar surface area (TPSA) is 73.0 Å². The van der Waals surface area contributed by atoms with E-state index in [1.165, 1.54) is 0 Å². The predicted octanol–water partition coefficient (Wildman–Crippen LogP) is 3.75. The SMILES string of the molecule is CCC(=O)Nc1ccc(N2CCCN(C(=O)CC(C)C)CC2)c(C(=O)N2CCCCC2)c1. The molecule has 1 aromatic carbocycles. The lowest BCUT2D eigenvalue weighted by Crippen LogP contribution is -2.38. The van der Waals surface area contributed by atoms with Crippen LogP contribution in [0.15, 0.2) is 18.2 Å². The van der Waals surface area contributed by atoms with Crippen LogP contribution in [0.2, 0.25) is 0 Å². The van der Waals surface area contributed by atoms with Crippen molar-refractivity contribution in [3.8, 4) is 0 Å². The molecule has 0 aliphatic carbocycles. The lowest BCUT2D eigenvalue weighted by Gasteiger charge is -2.30. The van der Waals surface area contributed by atoms with Gasteiger partial charge in [-0.15, -0.1) is 0 Å². The van der Waals surface area contributed by atoms with Crippen LogP contribution in [0.4, 0.5) is 11.4 Å². The van der Waals surface area contributed by atoms with E-state index in [0.29, 0.717) is 43.1 Å². The third kappa shape index (κ3) is 6.24. The molecule has 3 amide bonds. The third-order valence-corrected chi connectivity index (χ3v) is 6.25. The summed E-state index contributed by atoms with van der Waals surface area (Å²) in [6.45, 7) is 10.4. The molecule has 0 radical (unpaired) electrons. The Hall–Kier alpha value is -2.57. The zero-order valence-corrected chi connectivity index (χ0v) is 19.9. The number of likely N-dealkylation sites (tertiary alicyclic amines) is 1. The van der Waals surface area contributed by atoms with Crippen LogP contribution in [-0.4, -0.2) is 66.8 Å². The maximum Gasteiger partial charge on any atom is 0.256 e. The molecule has 1 N–H and O–H groups in total. The first-order chi connectivity index (χ1) is 15.4. The van der Waals surface area contributed by atoms with E-state index in [9.17, 15) is 14.4 Å². The summed E-state index contributed by atoms with van der Waals surface area (Å²) in [6.07, 6.45) is 5.06. The summed E-state index contributed by atoms with van der Waals surface area (Å²) in [4.78, 5) is 44.1. The molecule has 2 heterocycles. The van der Waals surface area contributed by atoms with E-state index < -0.39 is 0 Å². The van der Waals surface area contributed by atoms with Gasteiger partial charge in [-0.3, -0.25) is 14.4 Å². The Labute approximate surface area is 192 Å². The number of benzene rings is 1. The minimum absolute atomic E-state index is 0.0317. The lowest BCUT2D eigenvalue weighted by atomic mass is 10.1. The highest BCUT2D eigenvalue weighted by atomic mass is 16.2. The number of carbonyl (C=O) groups excluding carboxylic acids is 3. The molecular formula is C25H38N4O3. The second kappa shape index (κ2) is 11.3. The summed E-state index contributed by atoms with van der Waals surface area (Å²) < 4.78 is 0. The molecule has 32 heavy (non-hydrogen) atoms. The Kier molecular flexibility index (Phi) is 8.53. The van der Waals surface area contributed by atoms with Crippen molar-refractivity contribution < 1.29 is 14.4 Å². The third-order valence-electron chi connectivity index (χ3n) is 6.25. The van der Waals surface area contributed by atoms with Gasteiger partial charge >= 0.3 is 0 Å². The van der Waals surface area contributed by atoms with E-state index in [1.54, 1.807) is 0 Å². The van der Waals surface area contributed by atoms with Crippen molar-refractivity contribution in [2.75, 3.05) is 49.5 Å². The van der Waals surface area contributed by atoms with E-state index in [-0.39, 0.29) is 17.7 Å². The minimum atomic E-state index is -0.0665. The van der Waals surface area contributed by atoms with Crippen molar-refractivity contribution in [1.82, 2.24) is 9.80 Å². The highest BCUT2D eigenvalue weighted by Crippen LogP contribution is 2.28. The number of carbonyl (C=O) groups is 3. The molecule has 3 rings (SSSR count). The number of rotatable bonds is 6. The predicted molar refractivity (Wildman–Crippen MR) is 128 cm³/mol. The van der Waals surface area contributed by atoms with E-state index in [2.05, 4.69) is 24.1 Å². The summed E-state index contributed by atoms with van der Waals surface area (Å²) in [5, 5.41) is 2.89. The van der Waals surface area contributed by atoms with Gasteiger partial charge in [0.15, 0.2) is 0 Å². The monoisotopic (exact) mass is 442 g/mol. The first kappa shape index (κ1) is 24.1. The van der Waals surface area contributed by atoms with Gasteiger partial charge in [-0.05, 0) is 49.8 Å². The van der Waals surface area contributed by atoms with Gasteiger partial charge in [0.1, 0.15) is 0 Å². The van der Waals surface area contributed by atoms with Gasteiger partial charge in [0.25, 0.3) is 5.91 Å². The molecule has 2 saturated heterocycles. The number of anilines is 2. The molecule has 7 nitrogen and oxygen atoms in total. The smallest absolute Gasteiger partial charge is 0.256 e. The quantitative estimate of drug-likeness (QED) is 0.728. The van der Waals surface area contributed by atoms with E-state index in [0.717, 1.165) is 57.5 Å². The van der Waals surface area contributed by atoms with Crippen molar-refractivity contribution in [2.24, 2.45) is 5.92 Å². The van der Waals surface area contributed by atoms with E-state index in [1.807, 2.05) is 34.9 Å². The second-order valence-electron chi connectivity index (χ2n) is 9.31. The molecule has 0 unspecified atom stereocenters. The highest BCUT2D eigenvalue weighted by molar-refractivity contribution is 6.02. The van der Waals surface area contributed by atoms with Gasteiger partial charge in [0.2, 0.25) is 11.8 Å². The first-order valence-corrected chi connectivity index (χ1v) is 12.1. The van der Waals surface area contributed by atoms with Crippen molar-refractivity contribution in [1.29, 1.82) is 0 Å². The van der Waals surface area contributed by atoms with Crippen molar-refractivity contribution in [3.05, 3.63) is 23.8 Å². The number of hydrogen-bond donors (Lipinski definition) is 1. The number of hydrogen-bond acceptors (Lipinski definition) is 4. The van der Waals surface area contributed by atoms with Crippen LogP contribution in [0.3, 0.4) is 0 Å². The van der Waals surface area contributed by atoms with Crippen molar-refractivity contribution >= 4 is 29.1 Å². The molecule has 2 aliphatic rings. The van der Waals surface area contributed by atoms with Crippen molar-refractivity contribution in [3.63, 3.8) is 0 Å². The fraction of sp³-hybridized carbons (Fsp3) is 0.640. The standard InChI is InChI=1S/C25H38N4O3/c1-4-23(30)26-20-9-10-22(21(18-20)25(32)29-11-6-5-7-12-29)27-13-8-14-28(16-15-27)24(31)17-19(2)3/h9-10,18-19H,4-8,11-17H2,1-3H3,(H,26,30). The van der Waals surface area contributed by atoms with Crippen LogP contribution in [-0.2, 0) is 9.59 Å². The molecule has 0 bridgehead atoms. The normalized spacial score (nSPS) is 17.3. The maximum atomic E-state index is 13.5. The van der Waals surface area contributed by atoms with Gasteiger partial charge in [0.05, 0.1) is 5.56 Å². The molecule has 0 spiro atoms. The molecule has 0 atom stereocenters. The molecule has 7 heteroatoms. The van der Waals surface area contributed by atoms with Gasteiger partial charge in [0, 0.05) is 63.5 Å². The molecule has 176 valence electrons. The average molecular weight is 443 g/mol. The number of nitrogens with one attached hydrogen (secondary N) is 1. The number of nitrogens with zero attached hydrogens (tertiary/aromatic N) is 3. The maximum absolute atomic E-state index is 13.5. The Bertz CT molecular complexity index is 817. The van der Waals surface area contributed by atoms with Crippen LogP contribution in [0.5, 0.6) is 0 Å². The van der Waals surface area contributed by atoms with Gasteiger partial charge < -0.3 is 20.0 Å². The van der Waals surface area contributed by atoms with Crippen LogP contribution >= 0.6 is 0 Å². The highest BCUT2D eigenvalue weighted by Gasteiger charge is 2.26.